The first-order chi connectivity index (χ1) is 15.3. The molecule has 1 unspecified atom stereocenters. The molecule has 174 valence electrons. The summed E-state index contributed by atoms with van der Waals surface area (Å²) in [6, 6.07) is 9.32. The highest BCUT2D eigenvalue weighted by molar-refractivity contribution is 7.92. The van der Waals surface area contributed by atoms with E-state index in [0.29, 0.717) is 27.9 Å². The van der Waals surface area contributed by atoms with Crippen LogP contribution in [0.4, 0.5) is 0 Å². The number of allylic oxidation sites excluding steroid dienone is 4. The predicted molar refractivity (Wildman–Crippen MR) is 133 cm³/mol. The maximum Gasteiger partial charge on any atom is 0.0726 e. The van der Waals surface area contributed by atoms with Gasteiger partial charge in [0.25, 0.3) is 0 Å². The fraction of sp³-hybridized carbons (Fsp3) is 0.571. The molecule has 0 heterocycles. The van der Waals surface area contributed by atoms with Crippen molar-refractivity contribution in [1.29, 1.82) is 4.78 Å². The number of aliphatic hydroxyl groups excluding tert-OH is 1. The Hall–Kier alpha value is -1.65. The van der Waals surface area contributed by atoms with E-state index < -0.39 is 9.73 Å². The van der Waals surface area contributed by atoms with E-state index >= 15 is 0 Å². The molecule has 3 saturated carbocycles. The third-order valence-electron chi connectivity index (χ3n) is 8.46. The van der Waals surface area contributed by atoms with E-state index in [-0.39, 0.29) is 6.10 Å². The van der Waals surface area contributed by atoms with E-state index in [2.05, 4.69) is 25.7 Å². The van der Waals surface area contributed by atoms with Crippen molar-refractivity contribution in [1.82, 2.24) is 0 Å². The molecular weight excluding hydrogens is 414 g/mol. The highest BCUT2D eigenvalue weighted by Gasteiger charge is 2.48. The van der Waals surface area contributed by atoms with Crippen LogP contribution in [0, 0.1) is 22.0 Å². The van der Waals surface area contributed by atoms with Crippen LogP contribution < -0.4 is 0 Å². The monoisotopic (exact) mass is 453 g/mol. The lowest BCUT2D eigenvalue weighted by molar-refractivity contribution is 0.129. The molecule has 4 rings (SSSR count). The molecule has 3 aliphatic carbocycles. The lowest BCUT2D eigenvalue weighted by Crippen LogP contribution is -2.33. The first-order valence-electron chi connectivity index (χ1n) is 12.4. The Labute approximate surface area is 194 Å². The summed E-state index contributed by atoms with van der Waals surface area (Å²) in [4.78, 5) is 0.667. The van der Waals surface area contributed by atoms with Gasteiger partial charge in [0, 0.05) is 10.6 Å². The second kappa shape index (κ2) is 9.69. The van der Waals surface area contributed by atoms with Gasteiger partial charge >= 0.3 is 0 Å². The highest BCUT2D eigenvalue weighted by atomic mass is 32.2. The summed E-state index contributed by atoms with van der Waals surface area (Å²) in [7, 11) is -2.69. The minimum absolute atomic E-state index is 0.221. The van der Waals surface area contributed by atoms with E-state index in [1.807, 2.05) is 30.3 Å². The molecule has 1 aromatic rings. The Morgan fingerprint density at radius 3 is 2.75 bits per heavy atom. The van der Waals surface area contributed by atoms with Crippen molar-refractivity contribution >= 4 is 9.73 Å². The van der Waals surface area contributed by atoms with Crippen molar-refractivity contribution in [3.05, 3.63) is 65.8 Å². The Bertz CT molecular complexity index is 992. The molecule has 1 aromatic carbocycles. The average Bonchev–Trinajstić information content (AvgIpc) is 3.11. The van der Waals surface area contributed by atoms with Gasteiger partial charge in [-0.1, -0.05) is 55.0 Å². The zero-order valence-electron chi connectivity index (χ0n) is 19.5. The number of hydrogen-bond acceptors (Lipinski definition) is 3. The number of rotatable bonds is 6. The maximum atomic E-state index is 12.9. The summed E-state index contributed by atoms with van der Waals surface area (Å²) in [5.74, 6) is 1.75. The van der Waals surface area contributed by atoms with E-state index in [1.54, 1.807) is 5.57 Å². The molecular formula is C28H39NO2S. The Balaban J connectivity index is 1.41. The van der Waals surface area contributed by atoms with E-state index in [9.17, 15) is 9.32 Å². The van der Waals surface area contributed by atoms with Gasteiger partial charge in [-0.05, 0) is 99.2 Å². The topological polar surface area (TPSA) is 61.1 Å². The van der Waals surface area contributed by atoms with Gasteiger partial charge in [0.2, 0.25) is 0 Å². The Morgan fingerprint density at radius 2 is 1.97 bits per heavy atom. The number of fused-ring (bicyclic) bond motifs is 1. The number of benzene rings is 1. The maximum absolute atomic E-state index is 12.9. The van der Waals surface area contributed by atoms with Gasteiger partial charge in [-0.15, -0.1) is 0 Å². The number of aliphatic hydroxyl groups is 1. The SMILES string of the molecule is C=C1CC[C@H](O)C/C1=C/C=C1\CCC[C@]2(C)[C@@H](CCCS(=N)(=O)c3ccccc3)CC[C@@H]12. The van der Waals surface area contributed by atoms with Crippen LogP contribution in [-0.4, -0.2) is 21.2 Å². The zero-order valence-corrected chi connectivity index (χ0v) is 20.3. The summed E-state index contributed by atoms with van der Waals surface area (Å²) >= 11 is 0. The van der Waals surface area contributed by atoms with Crippen molar-refractivity contribution in [3.63, 3.8) is 0 Å². The van der Waals surface area contributed by atoms with E-state index in [1.165, 1.54) is 43.3 Å². The van der Waals surface area contributed by atoms with Crippen molar-refractivity contribution in [3.8, 4) is 0 Å². The van der Waals surface area contributed by atoms with Gasteiger partial charge in [-0.2, -0.15) is 0 Å². The molecule has 4 heteroatoms. The van der Waals surface area contributed by atoms with Crippen LogP contribution in [-0.2, 0) is 9.73 Å². The quantitative estimate of drug-likeness (QED) is 0.485. The highest BCUT2D eigenvalue weighted by Crippen LogP contribution is 2.58. The Kier molecular flexibility index (Phi) is 7.11. The third kappa shape index (κ3) is 4.97. The molecule has 0 radical (unpaired) electrons. The van der Waals surface area contributed by atoms with Crippen LogP contribution in [0.15, 0.2) is 70.7 Å². The van der Waals surface area contributed by atoms with Gasteiger partial charge in [-0.3, -0.25) is 0 Å². The predicted octanol–water partition coefficient (Wildman–Crippen LogP) is 7.04. The lowest BCUT2D eigenvalue weighted by atomic mass is 9.63. The van der Waals surface area contributed by atoms with Gasteiger partial charge < -0.3 is 5.11 Å². The number of hydrogen-bond donors (Lipinski definition) is 2. The van der Waals surface area contributed by atoms with Gasteiger partial charge in [-0.25, -0.2) is 8.99 Å². The first kappa shape index (κ1) is 23.5. The number of nitrogens with one attached hydrogen (secondary N) is 1. The summed E-state index contributed by atoms with van der Waals surface area (Å²) in [6.07, 6.45) is 15.0. The molecule has 0 bridgehead atoms. The van der Waals surface area contributed by atoms with Crippen LogP contribution >= 0.6 is 0 Å². The molecule has 0 aliphatic heterocycles. The van der Waals surface area contributed by atoms with Crippen molar-refractivity contribution in [2.24, 2.45) is 17.3 Å². The summed E-state index contributed by atoms with van der Waals surface area (Å²) in [5, 5.41) is 10.0. The van der Waals surface area contributed by atoms with E-state index in [4.69, 9.17) is 4.78 Å². The largest absolute Gasteiger partial charge is 0.393 e. The molecule has 2 N–H and O–H groups in total. The van der Waals surface area contributed by atoms with Gasteiger partial charge in [0.15, 0.2) is 0 Å². The fourth-order valence-electron chi connectivity index (χ4n) is 6.51. The second-order valence-corrected chi connectivity index (χ2v) is 12.7. The Morgan fingerprint density at radius 1 is 1.19 bits per heavy atom. The van der Waals surface area contributed by atoms with Crippen molar-refractivity contribution < 1.29 is 9.32 Å². The molecule has 0 saturated heterocycles. The van der Waals surface area contributed by atoms with E-state index in [0.717, 1.165) is 32.1 Å². The molecule has 3 fully saturated rings. The normalized spacial score (nSPS) is 35.1. The van der Waals surface area contributed by atoms with Crippen LogP contribution in [0.25, 0.3) is 0 Å². The molecule has 3 aliphatic rings. The van der Waals surface area contributed by atoms with Crippen LogP contribution in [0.2, 0.25) is 0 Å². The molecule has 3 nitrogen and oxygen atoms in total. The molecule has 0 amide bonds. The zero-order chi connectivity index (χ0) is 22.8. The first-order valence-corrected chi connectivity index (χ1v) is 14.1. The van der Waals surface area contributed by atoms with Gasteiger partial charge in [0.1, 0.15) is 0 Å². The van der Waals surface area contributed by atoms with Crippen LogP contribution in [0.3, 0.4) is 0 Å². The summed E-state index contributed by atoms with van der Waals surface area (Å²) in [6.45, 7) is 6.69. The smallest absolute Gasteiger partial charge is 0.0726 e. The third-order valence-corrected chi connectivity index (χ3v) is 10.4. The van der Waals surface area contributed by atoms with Crippen molar-refractivity contribution in [2.45, 2.75) is 82.1 Å². The van der Waals surface area contributed by atoms with Crippen LogP contribution in [0.5, 0.6) is 0 Å². The second-order valence-electron chi connectivity index (χ2n) is 10.5. The molecule has 5 atom stereocenters. The minimum Gasteiger partial charge on any atom is -0.393 e. The minimum atomic E-state index is -2.69. The van der Waals surface area contributed by atoms with Gasteiger partial charge in [0.05, 0.1) is 15.8 Å². The van der Waals surface area contributed by atoms with Crippen molar-refractivity contribution in [2.75, 3.05) is 5.75 Å². The average molecular weight is 454 g/mol. The summed E-state index contributed by atoms with van der Waals surface area (Å²) in [5.41, 5.74) is 4.31. The molecule has 32 heavy (non-hydrogen) atoms. The summed E-state index contributed by atoms with van der Waals surface area (Å²) < 4.78 is 21.3. The molecule has 0 spiro atoms. The fourth-order valence-corrected chi connectivity index (χ4v) is 7.91. The standard InChI is InChI=1S/C28H39NO2S/c1-21-12-16-25(30)20-23(21)14-13-22-8-6-18-28(2)24(15-17-27(22)28)9-7-19-32(29,31)26-10-4-3-5-11-26/h3-5,10-11,13-14,24-25,27,29-30H,1,6-9,12,15-20H2,2H3/b22-13+,23-14-/t24-,25-,27-,28+,32?/m0/s1. The molecule has 0 aromatic heterocycles. The van der Waals surface area contributed by atoms with Crippen LogP contribution in [0.1, 0.15) is 71.1 Å². The lowest BCUT2D eigenvalue weighted by Gasteiger charge is -2.42.